The van der Waals surface area contributed by atoms with Crippen LogP contribution in [0.2, 0.25) is 0 Å². The molecule has 0 radical (unpaired) electrons. The number of carbonyl (C=O) groups excluding carboxylic acids is 1. The van der Waals surface area contributed by atoms with Crippen molar-refractivity contribution in [3.05, 3.63) is 78.9 Å². The second kappa shape index (κ2) is 8.95. The molecule has 9 nitrogen and oxygen atoms in total. The molecule has 0 spiro atoms. The van der Waals surface area contributed by atoms with E-state index in [9.17, 15) is 4.79 Å². The molecule has 0 saturated heterocycles. The fourth-order valence-electron chi connectivity index (χ4n) is 2.84. The lowest BCUT2D eigenvalue weighted by Gasteiger charge is -2.10. The van der Waals surface area contributed by atoms with Crippen molar-refractivity contribution in [1.29, 1.82) is 0 Å². The molecule has 0 aliphatic heterocycles. The number of hydrogen-bond acceptors (Lipinski definition) is 6. The van der Waals surface area contributed by atoms with Crippen LogP contribution in [0, 0.1) is 6.92 Å². The predicted octanol–water partition coefficient (Wildman–Crippen LogP) is 4.42. The summed E-state index contributed by atoms with van der Waals surface area (Å²) in [6, 6.07) is 17.2. The molecule has 0 aliphatic carbocycles. The molecule has 4 aromatic rings. The molecule has 0 aliphatic rings. The number of hydrogen-bond donors (Lipinski definition) is 2. The summed E-state index contributed by atoms with van der Waals surface area (Å²) in [6.07, 6.45) is 3.52. The third kappa shape index (κ3) is 4.96. The number of urea groups is 1. The maximum absolute atomic E-state index is 12.2. The Morgan fingerprint density at radius 1 is 0.935 bits per heavy atom. The molecule has 0 bridgehead atoms. The Morgan fingerprint density at radius 2 is 1.74 bits per heavy atom. The van der Waals surface area contributed by atoms with Gasteiger partial charge in [-0.3, -0.25) is 4.57 Å². The van der Waals surface area contributed by atoms with E-state index in [2.05, 4.69) is 25.8 Å². The predicted molar refractivity (Wildman–Crippen MR) is 116 cm³/mol. The number of nitrogens with one attached hydrogen (secondary N) is 2. The minimum absolute atomic E-state index is 0.359. The molecular weight excluding hydrogens is 396 g/mol. The summed E-state index contributed by atoms with van der Waals surface area (Å²) in [4.78, 5) is 16.4. The summed E-state index contributed by atoms with van der Waals surface area (Å²) in [5, 5.41) is 13.8. The number of ether oxygens (including phenoxy) is 2. The fraction of sp³-hybridized carbons (Fsp3) is 0.0909. The van der Waals surface area contributed by atoms with Gasteiger partial charge < -0.3 is 20.1 Å². The quantitative estimate of drug-likeness (QED) is 0.482. The van der Waals surface area contributed by atoms with Gasteiger partial charge in [-0.05, 0) is 49.4 Å². The standard InChI is InChI=1S/C22H20N6O3/c1-15-23-12-13-28(15)20-10-11-21(27-26-20)31-18-8-6-16(7-9-18)24-22(29)25-17-4-3-5-19(14-17)30-2/h3-14H,1-2H3,(H2,24,25,29). The Morgan fingerprint density at radius 3 is 2.42 bits per heavy atom. The first-order valence-electron chi connectivity index (χ1n) is 9.45. The summed E-state index contributed by atoms with van der Waals surface area (Å²) in [6.45, 7) is 1.89. The van der Waals surface area contributed by atoms with E-state index in [1.54, 1.807) is 74.0 Å². The van der Waals surface area contributed by atoms with Crippen LogP contribution in [0.15, 0.2) is 73.1 Å². The van der Waals surface area contributed by atoms with Crippen LogP contribution in [0.5, 0.6) is 17.4 Å². The summed E-state index contributed by atoms with van der Waals surface area (Å²) in [7, 11) is 1.57. The molecule has 31 heavy (non-hydrogen) atoms. The van der Waals surface area contributed by atoms with Crippen LogP contribution in [0.1, 0.15) is 5.82 Å². The van der Waals surface area contributed by atoms with Gasteiger partial charge in [0, 0.05) is 35.9 Å². The van der Waals surface area contributed by atoms with Crippen molar-refractivity contribution in [1.82, 2.24) is 19.7 Å². The molecular formula is C22H20N6O3. The Hall–Kier alpha value is -4.40. The van der Waals surface area contributed by atoms with Crippen molar-refractivity contribution in [2.24, 2.45) is 0 Å². The Kier molecular flexibility index (Phi) is 5.75. The third-order valence-corrected chi connectivity index (χ3v) is 4.36. The van der Waals surface area contributed by atoms with E-state index in [4.69, 9.17) is 9.47 Å². The number of aromatic nitrogens is 4. The topological polar surface area (TPSA) is 103 Å². The SMILES string of the molecule is COc1cccc(NC(=O)Nc2ccc(Oc3ccc(-n4ccnc4C)nn3)cc2)c1. The van der Waals surface area contributed by atoms with Crippen LogP contribution >= 0.6 is 0 Å². The van der Waals surface area contributed by atoms with Crippen molar-refractivity contribution < 1.29 is 14.3 Å². The van der Waals surface area contributed by atoms with Gasteiger partial charge in [0.15, 0.2) is 5.82 Å². The number of rotatable bonds is 6. The number of amides is 2. The number of methoxy groups -OCH3 is 1. The first-order valence-corrected chi connectivity index (χ1v) is 9.45. The summed E-state index contributed by atoms with van der Waals surface area (Å²) >= 11 is 0. The minimum atomic E-state index is -0.363. The maximum atomic E-state index is 12.2. The van der Waals surface area contributed by atoms with Crippen molar-refractivity contribution in [2.75, 3.05) is 17.7 Å². The molecule has 4 rings (SSSR count). The Labute approximate surface area is 178 Å². The zero-order valence-corrected chi connectivity index (χ0v) is 16.9. The number of benzene rings is 2. The van der Waals surface area contributed by atoms with Crippen LogP contribution in [-0.2, 0) is 0 Å². The highest BCUT2D eigenvalue weighted by atomic mass is 16.5. The largest absolute Gasteiger partial charge is 0.497 e. The second-order valence-electron chi connectivity index (χ2n) is 6.51. The molecule has 2 amide bonds. The van der Waals surface area contributed by atoms with E-state index in [0.717, 1.165) is 5.82 Å². The highest BCUT2D eigenvalue weighted by molar-refractivity contribution is 5.99. The van der Waals surface area contributed by atoms with Gasteiger partial charge in [-0.1, -0.05) is 6.07 Å². The zero-order valence-electron chi connectivity index (χ0n) is 16.9. The van der Waals surface area contributed by atoms with Gasteiger partial charge in [0.1, 0.15) is 17.3 Å². The Balaban J connectivity index is 1.34. The van der Waals surface area contributed by atoms with Crippen LogP contribution < -0.4 is 20.1 Å². The molecule has 9 heteroatoms. The lowest BCUT2D eigenvalue weighted by atomic mass is 10.3. The monoisotopic (exact) mass is 416 g/mol. The number of nitrogens with zero attached hydrogens (tertiary/aromatic N) is 4. The molecule has 0 unspecified atom stereocenters. The van der Waals surface area contributed by atoms with Gasteiger partial charge in [0.25, 0.3) is 0 Å². The number of aryl methyl sites for hydroxylation is 1. The normalized spacial score (nSPS) is 10.4. The van der Waals surface area contributed by atoms with E-state index >= 15 is 0 Å². The first-order chi connectivity index (χ1) is 15.1. The van der Waals surface area contributed by atoms with Crippen LogP contribution in [0.4, 0.5) is 16.2 Å². The summed E-state index contributed by atoms with van der Waals surface area (Å²) in [5.74, 6) is 3.07. The molecule has 0 saturated carbocycles. The highest BCUT2D eigenvalue weighted by Crippen LogP contribution is 2.22. The Bertz CT molecular complexity index is 1170. The van der Waals surface area contributed by atoms with Gasteiger partial charge in [0.05, 0.1) is 7.11 Å². The van der Waals surface area contributed by atoms with Crippen molar-refractivity contribution in [3.63, 3.8) is 0 Å². The average Bonchev–Trinajstić information content (AvgIpc) is 3.21. The van der Waals surface area contributed by atoms with Gasteiger partial charge >= 0.3 is 6.03 Å². The lowest BCUT2D eigenvalue weighted by molar-refractivity contribution is 0.262. The lowest BCUT2D eigenvalue weighted by Crippen LogP contribution is -2.19. The van der Waals surface area contributed by atoms with E-state index in [0.29, 0.717) is 34.6 Å². The van der Waals surface area contributed by atoms with Crippen molar-refractivity contribution in [3.8, 4) is 23.2 Å². The van der Waals surface area contributed by atoms with Crippen molar-refractivity contribution >= 4 is 17.4 Å². The van der Waals surface area contributed by atoms with Gasteiger partial charge in [-0.2, -0.15) is 0 Å². The molecule has 0 atom stereocenters. The molecule has 2 heterocycles. The number of carbonyl (C=O) groups is 1. The molecule has 0 fully saturated rings. The van der Waals surface area contributed by atoms with Crippen molar-refractivity contribution in [2.45, 2.75) is 6.92 Å². The molecule has 156 valence electrons. The summed E-state index contributed by atoms with van der Waals surface area (Å²) in [5.41, 5.74) is 1.24. The van der Waals surface area contributed by atoms with E-state index in [-0.39, 0.29) is 6.03 Å². The second-order valence-corrected chi connectivity index (χ2v) is 6.51. The fourth-order valence-corrected chi connectivity index (χ4v) is 2.84. The molecule has 2 N–H and O–H groups in total. The van der Waals surface area contributed by atoms with E-state index in [1.165, 1.54) is 0 Å². The van der Waals surface area contributed by atoms with Gasteiger partial charge in [-0.25, -0.2) is 9.78 Å². The highest BCUT2D eigenvalue weighted by Gasteiger charge is 2.06. The molecule has 2 aromatic heterocycles. The van der Waals surface area contributed by atoms with Gasteiger partial charge in [-0.15, -0.1) is 10.2 Å². The maximum Gasteiger partial charge on any atom is 0.323 e. The van der Waals surface area contributed by atoms with E-state index in [1.807, 2.05) is 17.7 Å². The first kappa shape index (κ1) is 19.9. The van der Waals surface area contributed by atoms with Gasteiger partial charge in [0.2, 0.25) is 5.88 Å². The number of anilines is 2. The third-order valence-electron chi connectivity index (χ3n) is 4.36. The molecule has 2 aromatic carbocycles. The minimum Gasteiger partial charge on any atom is -0.497 e. The van der Waals surface area contributed by atoms with E-state index < -0.39 is 0 Å². The summed E-state index contributed by atoms with van der Waals surface area (Å²) < 4.78 is 12.7. The number of imidazole rings is 1. The average molecular weight is 416 g/mol. The van der Waals surface area contributed by atoms with Crippen LogP contribution in [-0.4, -0.2) is 32.9 Å². The van der Waals surface area contributed by atoms with Crippen LogP contribution in [0.25, 0.3) is 5.82 Å². The van der Waals surface area contributed by atoms with Crippen LogP contribution in [0.3, 0.4) is 0 Å². The smallest absolute Gasteiger partial charge is 0.323 e. The zero-order chi connectivity index (χ0) is 21.6.